The molecular formula is C13H26N6+2. The van der Waals surface area contributed by atoms with Gasteiger partial charge in [-0.15, -0.1) is 5.10 Å². The molecule has 0 spiro atoms. The van der Waals surface area contributed by atoms with Crippen LogP contribution in [0.4, 0.5) is 0 Å². The number of nitrogens with one attached hydrogen (secondary N) is 2. The lowest BCUT2D eigenvalue weighted by molar-refractivity contribution is -1.03. The molecule has 106 valence electrons. The van der Waals surface area contributed by atoms with Crippen LogP contribution in [0.25, 0.3) is 0 Å². The summed E-state index contributed by atoms with van der Waals surface area (Å²) in [5.41, 5.74) is -0.0291. The van der Waals surface area contributed by atoms with Gasteiger partial charge in [0.25, 0.3) is 0 Å². The first-order valence-corrected chi connectivity index (χ1v) is 7.50. The third-order valence-corrected chi connectivity index (χ3v) is 4.54. The summed E-state index contributed by atoms with van der Waals surface area (Å²) in [5, 5.41) is 12.3. The van der Waals surface area contributed by atoms with Crippen LogP contribution >= 0.6 is 0 Å². The van der Waals surface area contributed by atoms with Gasteiger partial charge in [0.15, 0.2) is 0 Å². The molecular weight excluding hydrogens is 240 g/mol. The summed E-state index contributed by atoms with van der Waals surface area (Å²) in [6, 6.07) is 0.878. The number of hydrogen-bond acceptors (Lipinski definition) is 3. The normalized spacial score (nSPS) is 31.4. The summed E-state index contributed by atoms with van der Waals surface area (Å²) in [6.45, 7) is 12.7. The molecule has 19 heavy (non-hydrogen) atoms. The first-order valence-electron chi connectivity index (χ1n) is 7.50. The molecule has 2 saturated heterocycles. The van der Waals surface area contributed by atoms with Crippen molar-refractivity contribution < 1.29 is 9.80 Å². The van der Waals surface area contributed by atoms with E-state index in [-0.39, 0.29) is 5.54 Å². The van der Waals surface area contributed by atoms with E-state index in [0.29, 0.717) is 0 Å². The van der Waals surface area contributed by atoms with Gasteiger partial charge in [0.1, 0.15) is 32.2 Å². The predicted octanol–water partition coefficient (Wildman–Crippen LogP) is -2.13. The van der Waals surface area contributed by atoms with Crippen molar-refractivity contribution in [3.63, 3.8) is 0 Å². The number of piperazine rings is 1. The second-order valence-corrected chi connectivity index (χ2v) is 7.06. The van der Waals surface area contributed by atoms with Crippen LogP contribution in [0.15, 0.2) is 0 Å². The minimum Gasteiger partial charge on any atom is -0.323 e. The molecule has 1 aromatic heterocycles. The van der Waals surface area contributed by atoms with E-state index in [4.69, 9.17) is 0 Å². The Balaban J connectivity index is 1.67. The molecule has 6 heteroatoms. The molecule has 0 aromatic carbocycles. The third-order valence-electron chi connectivity index (χ3n) is 4.54. The molecule has 0 aliphatic carbocycles. The second-order valence-electron chi connectivity index (χ2n) is 7.06. The van der Waals surface area contributed by atoms with Crippen molar-refractivity contribution in [2.45, 2.75) is 51.7 Å². The molecule has 1 aromatic rings. The summed E-state index contributed by atoms with van der Waals surface area (Å²) in [6.07, 6.45) is 2.82. The third kappa shape index (κ3) is 2.65. The molecule has 6 nitrogen and oxygen atoms in total. The van der Waals surface area contributed by atoms with E-state index in [1.165, 1.54) is 39.0 Å². The maximum Gasteiger partial charge on any atom is 0.206 e. The summed E-state index contributed by atoms with van der Waals surface area (Å²) >= 11 is 0. The molecule has 3 rings (SSSR count). The number of hydrogen-bond donors (Lipinski definition) is 2. The van der Waals surface area contributed by atoms with Crippen LogP contribution in [-0.2, 0) is 12.1 Å². The standard InChI is InChI=1S/C13H24N6/c1-13(2,3)19-12(14-15-16-19)10-17-7-8-18-6-4-5-11(18)9-17/h11H,4-10H2,1-3H3/p+2/t11-/m1/s1. The van der Waals surface area contributed by atoms with Crippen molar-refractivity contribution in [1.29, 1.82) is 0 Å². The first kappa shape index (κ1) is 13.0. The zero-order chi connectivity index (χ0) is 13.5. The summed E-state index contributed by atoms with van der Waals surface area (Å²) in [4.78, 5) is 3.48. The highest BCUT2D eigenvalue weighted by Gasteiger charge is 2.37. The molecule has 2 aliphatic heterocycles. The lowest BCUT2D eigenvalue weighted by Gasteiger charge is -2.32. The van der Waals surface area contributed by atoms with Gasteiger partial charge < -0.3 is 9.80 Å². The molecule has 3 heterocycles. The van der Waals surface area contributed by atoms with Crippen molar-refractivity contribution in [3.05, 3.63) is 5.82 Å². The van der Waals surface area contributed by atoms with Gasteiger partial charge in [-0.2, -0.15) is 0 Å². The maximum absolute atomic E-state index is 4.24. The SMILES string of the molecule is CC(C)(C)n1nnnc1C[NH+]1CC[NH+]2CCC[C@@H]2C1. The van der Waals surface area contributed by atoms with E-state index >= 15 is 0 Å². The minimum atomic E-state index is -0.0291. The van der Waals surface area contributed by atoms with Gasteiger partial charge >= 0.3 is 0 Å². The molecule has 2 fully saturated rings. The lowest BCUT2D eigenvalue weighted by atomic mass is 10.1. The van der Waals surface area contributed by atoms with Gasteiger partial charge in [0, 0.05) is 12.8 Å². The average Bonchev–Trinajstić information content (AvgIpc) is 2.95. The largest absolute Gasteiger partial charge is 0.323 e. The Bertz CT molecular complexity index is 435. The molecule has 0 saturated carbocycles. The molecule has 0 bridgehead atoms. The van der Waals surface area contributed by atoms with Crippen LogP contribution in [-0.4, -0.2) is 52.4 Å². The topological polar surface area (TPSA) is 52.5 Å². The van der Waals surface area contributed by atoms with E-state index in [0.717, 1.165) is 18.4 Å². The van der Waals surface area contributed by atoms with Gasteiger partial charge in [-0.1, -0.05) is 0 Å². The van der Waals surface area contributed by atoms with Crippen molar-refractivity contribution in [2.75, 3.05) is 26.2 Å². The summed E-state index contributed by atoms with van der Waals surface area (Å²) in [5.74, 6) is 1.03. The number of fused-ring (bicyclic) bond motifs is 1. The van der Waals surface area contributed by atoms with Crippen LogP contribution in [0.5, 0.6) is 0 Å². The maximum atomic E-state index is 4.24. The fourth-order valence-corrected chi connectivity index (χ4v) is 3.57. The Kier molecular flexibility index (Phi) is 3.30. The Morgan fingerprint density at radius 3 is 2.89 bits per heavy atom. The van der Waals surface area contributed by atoms with Crippen LogP contribution < -0.4 is 9.80 Å². The van der Waals surface area contributed by atoms with Crippen LogP contribution in [0, 0.1) is 0 Å². The van der Waals surface area contributed by atoms with Crippen LogP contribution in [0.1, 0.15) is 39.4 Å². The van der Waals surface area contributed by atoms with Crippen molar-refractivity contribution in [1.82, 2.24) is 20.2 Å². The van der Waals surface area contributed by atoms with Crippen molar-refractivity contribution in [3.8, 4) is 0 Å². The molecule has 3 atom stereocenters. The zero-order valence-corrected chi connectivity index (χ0v) is 12.3. The van der Waals surface area contributed by atoms with E-state index in [1.807, 2.05) is 9.58 Å². The Morgan fingerprint density at radius 1 is 1.26 bits per heavy atom. The molecule has 2 aliphatic rings. The highest BCUT2D eigenvalue weighted by atomic mass is 15.6. The number of rotatable bonds is 2. The molecule has 0 radical (unpaired) electrons. The average molecular weight is 266 g/mol. The number of tetrazole rings is 1. The predicted molar refractivity (Wildman–Crippen MR) is 70.9 cm³/mol. The zero-order valence-electron chi connectivity index (χ0n) is 12.3. The lowest BCUT2D eigenvalue weighted by Crippen LogP contribution is -3.29. The van der Waals surface area contributed by atoms with Crippen LogP contribution in [0.3, 0.4) is 0 Å². The number of aromatic nitrogens is 4. The van der Waals surface area contributed by atoms with E-state index in [9.17, 15) is 0 Å². The fraction of sp³-hybridized carbons (Fsp3) is 0.923. The Hall–Kier alpha value is -1.01. The highest BCUT2D eigenvalue weighted by Crippen LogP contribution is 2.12. The smallest absolute Gasteiger partial charge is 0.206 e. The van der Waals surface area contributed by atoms with Crippen molar-refractivity contribution >= 4 is 0 Å². The van der Waals surface area contributed by atoms with Gasteiger partial charge in [0.2, 0.25) is 5.82 Å². The Labute approximate surface area is 114 Å². The minimum absolute atomic E-state index is 0.0291. The molecule has 2 unspecified atom stereocenters. The second kappa shape index (κ2) is 4.83. The van der Waals surface area contributed by atoms with Gasteiger partial charge in [-0.05, 0) is 31.2 Å². The first-order chi connectivity index (χ1) is 9.04. The fourth-order valence-electron chi connectivity index (χ4n) is 3.57. The van der Waals surface area contributed by atoms with E-state index < -0.39 is 0 Å². The summed E-state index contributed by atoms with van der Waals surface area (Å²) in [7, 11) is 0. The highest BCUT2D eigenvalue weighted by molar-refractivity contribution is 4.84. The summed E-state index contributed by atoms with van der Waals surface area (Å²) < 4.78 is 1.98. The molecule has 2 N–H and O–H groups in total. The van der Waals surface area contributed by atoms with Gasteiger partial charge in [-0.3, -0.25) is 0 Å². The number of quaternary nitrogens is 2. The monoisotopic (exact) mass is 266 g/mol. The van der Waals surface area contributed by atoms with Crippen molar-refractivity contribution in [2.24, 2.45) is 0 Å². The quantitative estimate of drug-likeness (QED) is 0.643. The van der Waals surface area contributed by atoms with Gasteiger partial charge in [0.05, 0.1) is 12.1 Å². The Morgan fingerprint density at radius 2 is 2.11 bits per heavy atom. The van der Waals surface area contributed by atoms with E-state index in [2.05, 4.69) is 36.3 Å². The van der Waals surface area contributed by atoms with Gasteiger partial charge in [-0.25, -0.2) is 4.68 Å². The van der Waals surface area contributed by atoms with E-state index in [1.54, 1.807) is 4.90 Å². The molecule has 0 amide bonds. The number of nitrogens with zero attached hydrogens (tertiary/aromatic N) is 4. The van der Waals surface area contributed by atoms with Crippen LogP contribution in [0.2, 0.25) is 0 Å².